The van der Waals surface area contributed by atoms with Crippen LogP contribution in [0.25, 0.3) is 11.0 Å². The van der Waals surface area contributed by atoms with Gasteiger partial charge in [0.1, 0.15) is 42.9 Å². The maximum absolute atomic E-state index is 14.5. The Morgan fingerprint density at radius 3 is 2.42 bits per heavy atom. The van der Waals surface area contributed by atoms with Crippen LogP contribution in [0.15, 0.2) is 54.9 Å². The lowest BCUT2D eigenvalue weighted by molar-refractivity contribution is -0.158. The summed E-state index contributed by atoms with van der Waals surface area (Å²) in [7, 11) is 0. The van der Waals surface area contributed by atoms with E-state index in [1.54, 1.807) is 25.4 Å². The first-order valence-electron chi connectivity index (χ1n) is 19.9. The van der Waals surface area contributed by atoms with E-state index in [1.165, 1.54) is 14.7 Å². The van der Waals surface area contributed by atoms with Crippen molar-refractivity contribution in [3.63, 3.8) is 0 Å². The van der Waals surface area contributed by atoms with Gasteiger partial charge in [-0.05, 0) is 74.6 Å². The number of nitrogens with one attached hydrogen (secondary N) is 4. The first-order chi connectivity index (χ1) is 27.5. The third-order valence-electron chi connectivity index (χ3n) is 11.5. The number of carbonyl (C=O) groups is 7. The van der Waals surface area contributed by atoms with E-state index in [0.29, 0.717) is 50.6 Å². The number of carbonyl (C=O) groups excluding carboxylic acids is 7. The number of aromatic amines is 1. The number of aromatic nitrogens is 2. The monoisotopic (exact) mass is 782 g/mol. The van der Waals surface area contributed by atoms with E-state index < -0.39 is 78.4 Å². The SMILES string of the molecule is C[C@@H]1C[C@H]2C(=O)OC[C@H](NC(=O)[C@H](Cc3ccccc3)NC(=O)Cc3ccc4nc[nH]c4c3)C(=O)N3CCC[C@H]3C(=O)N3CCCC[C@H]3C(=O)N[C@@H](C)C(=O)N2C1. The highest BCUT2D eigenvalue weighted by molar-refractivity contribution is 5.98. The zero-order valence-corrected chi connectivity index (χ0v) is 32.3. The average molecular weight is 783 g/mol. The molecule has 0 spiro atoms. The number of H-pyrrole nitrogens is 1. The minimum absolute atomic E-state index is 0.0335. The standard InChI is InChI=1S/C41H50N8O8/c1-24-17-34-41(56)57-22-31(46-36(51)30(18-26-9-4-3-5-10-26)45-35(50)20-27-13-14-28-29(19-27)43-23-42-28)39(54)48-16-8-12-33(48)40(55)47-15-7-6-11-32(47)37(52)44-25(2)38(53)49(34)21-24/h3-5,9-10,13-14,19,23-25,30-34H,6-8,11-12,15-18,20-22H2,1-2H3,(H,42,43)(H,44,52)(H,45,50)(H,46,51)/t24-,25+,30+,31+,32+,33+,34+/m1/s1. The number of hydrogen-bond donors (Lipinski definition) is 4. The Bertz CT molecular complexity index is 2020. The molecule has 5 heterocycles. The van der Waals surface area contributed by atoms with Crippen LogP contribution in [0.2, 0.25) is 0 Å². The van der Waals surface area contributed by atoms with Gasteiger partial charge < -0.3 is 40.4 Å². The molecule has 0 radical (unpaired) electrons. The smallest absolute Gasteiger partial charge is 0.328 e. The minimum atomic E-state index is -1.43. The van der Waals surface area contributed by atoms with Crippen LogP contribution >= 0.6 is 0 Å². The summed E-state index contributed by atoms with van der Waals surface area (Å²) in [6.45, 7) is 3.69. The summed E-state index contributed by atoms with van der Waals surface area (Å²) >= 11 is 0. The van der Waals surface area contributed by atoms with Crippen LogP contribution < -0.4 is 16.0 Å². The molecule has 0 bridgehead atoms. The number of fused-ring (bicyclic) bond motifs is 4. The molecule has 16 heteroatoms. The second kappa shape index (κ2) is 17.1. The summed E-state index contributed by atoms with van der Waals surface area (Å²) in [4.78, 5) is 109. The summed E-state index contributed by atoms with van der Waals surface area (Å²) in [5.74, 6) is -3.84. The van der Waals surface area contributed by atoms with Gasteiger partial charge in [0.05, 0.1) is 23.8 Å². The molecule has 4 saturated heterocycles. The van der Waals surface area contributed by atoms with Crippen molar-refractivity contribution < 1.29 is 38.3 Å². The molecule has 0 saturated carbocycles. The first kappa shape index (κ1) is 39.4. The molecule has 0 unspecified atom stereocenters. The van der Waals surface area contributed by atoms with Crippen molar-refractivity contribution in [2.24, 2.45) is 5.92 Å². The quantitative estimate of drug-likeness (QED) is 0.252. The number of cyclic esters (lactones) is 1. The van der Waals surface area contributed by atoms with Crippen molar-refractivity contribution >= 4 is 52.4 Å². The molecule has 4 fully saturated rings. The molecule has 4 N–H and O–H groups in total. The highest BCUT2D eigenvalue weighted by Gasteiger charge is 2.46. The van der Waals surface area contributed by atoms with Gasteiger partial charge >= 0.3 is 5.97 Å². The molecule has 302 valence electrons. The zero-order chi connectivity index (χ0) is 40.2. The molecule has 7 rings (SSSR count). The Morgan fingerprint density at radius 1 is 0.860 bits per heavy atom. The third-order valence-corrected chi connectivity index (χ3v) is 11.5. The van der Waals surface area contributed by atoms with E-state index in [-0.39, 0.29) is 37.8 Å². The maximum atomic E-state index is 14.5. The molecule has 0 aliphatic carbocycles. The lowest BCUT2D eigenvalue weighted by Gasteiger charge is -2.39. The molecule has 4 aliphatic rings. The number of nitrogens with zero attached hydrogens (tertiary/aromatic N) is 4. The van der Waals surface area contributed by atoms with Gasteiger partial charge in [-0.25, -0.2) is 9.78 Å². The molecule has 57 heavy (non-hydrogen) atoms. The fourth-order valence-electron chi connectivity index (χ4n) is 8.57. The van der Waals surface area contributed by atoms with Crippen molar-refractivity contribution in [1.29, 1.82) is 0 Å². The van der Waals surface area contributed by atoms with E-state index in [1.807, 2.05) is 43.3 Å². The van der Waals surface area contributed by atoms with Gasteiger partial charge in [0.2, 0.25) is 35.4 Å². The molecule has 7 atom stereocenters. The number of ether oxygens (including phenoxy) is 1. The van der Waals surface area contributed by atoms with Crippen LogP contribution in [0.4, 0.5) is 0 Å². The molecule has 3 aromatic rings. The van der Waals surface area contributed by atoms with Gasteiger partial charge in [-0.2, -0.15) is 0 Å². The highest BCUT2D eigenvalue weighted by Crippen LogP contribution is 2.28. The van der Waals surface area contributed by atoms with Gasteiger partial charge in [-0.3, -0.25) is 28.8 Å². The van der Waals surface area contributed by atoms with Gasteiger partial charge in [0, 0.05) is 26.1 Å². The largest absolute Gasteiger partial charge is 0.461 e. The lowest BCUT2D eigenvalue weighted by atomic mass is 9.99. The summed E-state index contributed by atoms with van der Waals surface area (Å²) in [6.07, 6.45) is 4.58. The topological polar surface area (TPSA) is 203 Å². The minimum Gasteiger partial charge on any atom is -0.461 e. The Kier molecular flexibility index (Phi) is 11.9. The fourth-order valence-corrected chi connectivity index (χ4v) is 8.57. The predicted molar refractivity (Wildman–Crippen MR) is 206 cm³/mol. The Labute approximate surface area is 330 Å². The van der Waals surface area contributed by atoms with Gasteiger partial charge in [0.25, 0.3) is 0 Å². The second-order valence-electron chi connectivity index (χ2n) is 15.7. The van der Waals surface area contributed by atoms with E-state index in [0.717, 1.165) is 16.6 Å². The van der Waals surface area contributed by atoms with Crippen molar-refractivity contribution in [3.05, 3.63) is 66.0 Å². The number of benzene rings is 2. The molecular formula is C41H50N8O8. The number of imidazole rings is 1. The summed E-state index contributed by atoms with van der Waals surface area (Å²) in [6, 6.07) is 8.27. The van der Waals surface area contributed by atoms with Crippen molar-refractivity contribution in [3.8, 4) is 0 Å². The van der Waals surface area contributed by atoms with Crippen LogP contribution in [0.3, 0.4) is 0 Å². The summed E-state index contributed by atoms with van der Waals surface area (Å²) < 4.78 is 5.77. The molecular weight excluding hydrogens is 732 g/mol. The van der Waals surface area contributed by atoms with Crippen LogP contribution in [0, 0.1) is 5.92 Å². The van der Waals surface area contributed by atoms with Crippen LogP contribution in [0.1, 0.15) is 63.5 Å². The van der Waals surface area contributed by atoms with Gasteiger partial charge in [0.15, 0.2) is 0 Å². The van der Waals surface area contributed by atoms with Crippen LogP contribution in [0.5, 0.6) is 0 Å². The maximum Gasteiger partial charge on any atom is 0.328 e. The molecule has 16 nitrogen and oxygen atoms in total. The number of piperidine rings is 1. The van der Waals surface area contributed by atoms with E-state index in [2.05, 4.69) is 25.9 Å². The summed E-state index contributed by atoms with van der Waals surface area (Å²) in [5, 5.41) is 8.41. The van der Waals surface area contributed by atoms with Gasteiger partial charge in [-0.15, -0.1) is 0 Å². The fraction of sp³-hybridized carbons (Fsp3) is 0.512. The highest BCUT2D eigenvalue weighted by atomic mass is 16.5. The molecule has 2 aromatic carbocycles. The number of hydrogen-bond acceptors (Lipinski definition) is 9. The zero-order valence-electron chi connectivity index (χ0n) is 32.3. The number of rotatable bonds is 7. The number of esters is 1. The third kappa shape index (κ3) is 8.79. The average Bonchev–Trinajstić information content (AvgIpc) is 3.98. The van der Waals surface area contributed by atoms with Gasteiger partial charge in [-0.1, -0.05) is 43.3 Å². The Hall–Kier alpha value is -5.80. The van der Waals surface area contributed by atoms with Crippen molar-refractivity contribution in [1.82, 2.24) is 40.6 Å². The molecule has 4 aliphatic heterocycles. The second-order valence-corrected chi connectivity index (χ2v) is 15.7. The van der Waals surface area contributed by atoms with Crippen LogP contribution in [-0.4, -0.2) is 129 Å². The van der Waals surface area contributed by atoms with Crippen molar-refractivity contribution in [2.45, 2.75) is 101 Å². The summed E-state index contributed by atoms with van der Waals surface area (Å²) in [5.41, 5.74) is 2.97. The first-order valence-corrected chi connectivity index (χ1v) is 19.9. The molecule has 1 aromatic heterocycles. The van der Waals surface area contributed by atoms with E-state index in [9.17, 15) is 33.6 Å². The predicted octanol–water partition coefficient (Wildman–Crippen LogP) is 0.988. The van der Waals surface area contributed by atoms with E-state index >= 15 is 0 Å². The molecule has 6 amide bonds. The van der Waals surface area contributed by atoms with Crippen molar-refractivity contribution in [2.75, 3.05) is 26.2 Å². The van der Waals surface area contributed by atoms with Crippen LogP contribution in [-0.2, 0) is 51.1 Å². The van der Waals surface area contributed by atoms with E-state index in [4.69, 9.17) is 4.74 Å². The Morgan fingerprint density at radius 2 is 1.61 bits per heavy atom. The number of amides is 6. The normalized spacial score (nSPS) is 26.6. The lowest BCUT2D eigenvalue weighted by Crippen LogP contribution is -2.62. The Balaban J connectivity index is 1.17.